The Morgan fingerprint density at radius 2 is 2.12 bits per heavy atom. The Balaban J connectivity index is 1.97. The van der Waals surface area contributed by atoms with Crippen molar-refractivity contribution in [2.45, 2.75) is 19.5 Å². The Kier molecular flexibility index (Phi) is 5.38. The van der Waals surface area contributed by atoms with Crippen LogP contribution in [0.5, 0.6) is 0 Å². The van der Waals surface area contributed by atoms with Gasteiger partial charge in [0.05, 0.1) is 5.56 Å². The summed E-state index contributed by atoms with van der Waals surface area (Å²) in [6.45, 7) is 1.95. The maximum Gasteiger partial charge on any atom is 0.416 e. The van der Waals surface area contributed by atoms with Crippen LogP contribution in [0.25, 0.3) is 5.57 Å². The lowest BCUT2D eigenvalue weighted by molar-refractivity contribution is -0.137. The molecule has 5 nitrogen and oxygen atoms in total. The highest BCUT2D eigenvalue weighted by atomic mass is 19.4. The monoisotopic (exact) mass is 338 g/mol. The van der Waals surface area contributed by atoms with E-state index in [9.17, 15) is 18.0 Å². The molecular weight excluding hydrogens is 321 g/mol. The molecule has 1 N–H and O–H groups in total. The number of nitrogens with one attached hydrogen (secondary N) is 1. The molecule has 1 aromatic carbocycles. The van der Waals surface area contributed by atoms with Crippen LogP contribution < -0.4 is 5.32 Å². The van der Waals surface area contributed by atoms with Gasteiger partial charge in [-0.2, -0.15) is 13.2 Å². The molecule has 1 aromatic heterocycles. The van der Waals surface area contributed by atoms with Crippen LogP contribution in [-0.4, -0.2) is 27.2 Å². The number of aryl methyl sites for hydroxylation is 1. The van der Waals surface area contributed by atoms with Gasteiger partial charge in [0.1, 0.15) is 12.2 Å². The number of allylic oxidation sites excluding steroid dienone is 1. The summed E-state index contributed by atoms with van der Waals surface area (Å²) in [5.41, 5.74) is 0.0703. The summed E-state index contributed by atoms with van der Waals surface area (Å²) >= 11 is 0. The Bertz CT molecular complexity index is 750. The maximum atomic E-state index is 12.7. The lowest BCUT2D eigenvalue weighted by atomic mass is 10.0. The number of carbonyl (C=O) groups excluding carboxylic acids is 1. The summed E-state index contributed by atoms with van der Waals surface area (Å²) in [6.07, 6.45) is -1.05. The molecule has 8 heteroatoms. The quantitative estimate of drug-likeness (QED) is 0.853. The highest BCUT2D eigenvalue weighted by molar-refractivity contribution is 5.94. The van der Waals surface area contributed by atoms with Crippen molar-refractivity contribution < 1.29 is 18.0 Å². The Morgan fingerprint density at radius 3 is 2.75 bits per heavy atom. The number of halogens is 3. The van der Waals surface area contributed by atoms with Crippen molar-refractivity contribution in [3.63, 3.8) is 0 Å². The smallest absolute Gasteiger partial charge is 0.352 e. The van der Waals surface area contributed by atoms with Crippen LogP contribution in [-0.2, 0) is 24.4 Å². The third kappa shape index (κ3) is 4.68. The second-order valence-corrected chi connectivity index (χ2v) is 5.31. The first-order valence-corrected chi connectivity index (χ1v) is 7.24. The van der Waals surface area contributed by atoms with Crippen LogP contribution in [0.15, 0.2) is 36.7 Å². The topological polar surface area (TPSA) is 59.8 Å². The number of alkyl halides is 3. The van der Waals surface area contributed by atoms with Crippen LogP contribution in [0, 0.1) is 0 Å². The maximum absolute atomic E-state index is 12.7. The first-order chi connectivity index (χ1) is 11.3. The molecule has 0 bridgehead atoms. The number of hydrogen-bond donors (Lipinski definition) is 1. The molecule has 1 heterocycles. The van der Waals surface area contributed by atoms with E-state index in [0.29, 0.717) is 24.1 Å². The van der Waals surface area contributed by atoms with Gasteiger partial charge in [0.15, 0.2) is 0 Å². The van der Waals surface area contributed by atoms with Crippen molar-refractivity contribution >= 4 is 11.5 Å². The first kappa shape index (κ1) is 17.7. The van der Waals surface area contributed by atoms with Gasteiger partial charge < -0.3 is 9.88 Å². The SMILES string of the molecule is CC(=CC(=O)NCCc1nncn1C)c1cccc(C(F)(F)F)c1. The summed E-state index contributed by atoms with van der Waals surface area (Å²) in [5, 5.41) is 10.3. The molecule has 0 unspecified atom stereocenters. The number of hydrogen-bond acceptors (Lipinski definition) is 3. The molecule has 0 aliphatic heterocycles. The van der Waals surface area contributed by atoms with E-state index in [0.717, 1.165) is 18.0 Å². The molecule has 2 aromatic rings. The molecule has 24 heavy (non-hydrogen) atoms. The van der Waals surface area contributed by atoms with Crippen molar-refractivity contribution in [1.82, 2.24) is 20.1 Å². The fraction of sp³-hybridized carbons (Fsp3) is 0.312. The Morgan fingerprint density at radius 1 is 1.38 bits per heavy atom. The van der Waals surface area contributed by atoms with Gasteiger partial charge in [-0.15, -0.1) is 10.2 Å². The summed E-state index contributed by atoms with van der Waals surface area (Å²) < 4.78 is 39.9. The molecule has 0 spiro atoms. The molecule has 0 aliphatic carbocycles. The minimum atomic E-state index is -4.41. The zero-order valence-corrected chi connectivity index (χ0v) is 13.3. The summed E-state index contributed by atoms with van der Waals surface area (Å²) in [5.74, 6) is 0.362. The van der Waals surface area contributed by atoms with Crippen LogP contribution in [0.3, 0.4) is 0 Å². The van der Waals surface area contributed by atoms with Crippen molar-refractivity contribution in [1.29, 1.82) is 0 Å². The average Bonchev–Trinajstić information content (AvgIpc) is 2.92. The van der Waals surface area contributed by atoms with E-state index < -0.39 is 11.7 Å². The standard InChI is InChI=1S/C16H17F3N4O/c1-11(12-4-3-5-13(9-12)16(17,18)19)8-15(24)20-7-6-14-22-21-10-23(14)2/h3-5,8-10H,6-7H2,1-2H3,(H,20,24). The summed E-state index contributed by atoms with van der Waals surface area (Å²) in [4.78, 5) is 11.9. The summed E-state index contributed by atoms with van der Waals surface area (Å²) in [6, 6.07) is 4.88. The van der Waals surface area contributed by atoms with Crippen molar-refractivity contribution in [2.24, 2.45) is 7.05 Å². The number of nitrogens with zero attached hydrogens (tertiary/aromatic N) is 3. The molecule has 2 rings (SSSR count). The minimum Gasteiger partial charge on any atom is -0.352 e. The normalized spacial score (nSPS) is 12.3. The molecule has 0 saturated heterocycles. The second-order valence-electron chi connectivity index (χ2n) is 5.31. The van der Waals surface area contributed by atoms with Crippen LogP contribution in [0.4, 0.5) is 13.2 Å². The van der Waals surface area contributed by atoms with E-state index in [1.54, 1.807) is 24.9 Å². The number of amides is 1. The molecule has 1 amide bonds. The van der Waals surface area contributed by atoms with E-state index >= 15 is 0 Å². The predicted octanol–water partition coefficient (Wildman–Crippen LogP) is 2.60. The molecule has 0 saturated carbocycles. The summed E-state index contributed by atoms with van der Waals surface area (Å²) in [7, 11) is 1.80. The fourth-order valence-corrected chi connectivity index (χ4v) is 2.10. The predicted molar refractivity (Wildman–Crippen MR) is 82.8 cm³/mol. The van der Waals surface area contributed by atoms with Gasteiger partial charge in [-0.05, 0) is 30.2 Å². The number of carbonyl (C=O) groups is 1. The van der Waals surface area contributed by atoms with E-state index in [4.69, 9.17) is 0 Å². The molecule has 128 valence electrons. The molecular formula is C16H17F3N4O. The van der Waals surface area contributed by atoms with Crippen molar-refractivity contribution in [3.05, 3.63) is 53.6 Å². The highest BCUT2D eigenvalue weighted by Gasteiger charge is 2.30. The lowest BCUT2D eigenvalue weighted by Gasteiger charge is -2.09. The van der Waals surface area contributed by atoms with Crippen LogP contribution in [0.2, 0.25) is 0 Å². The zero-order valence-electron chi connectivity index (χ0n) is 13.3. The number of aromatic nitrogens is 3. The Hall–Kier alpha value is -2.64. The third-order valence-corrected chi connectivity index (χ3v) is 3.45. The van der Waals surface area contributed by atoms with E-state index in [2.05, 4.69) is 15.5 Å². The molecule has 0 aliphatic rings. The van der Waals surface area contributed by atoms with E-state index in [1.165, 1.54) is 18.2 Å². The first-order valence-electron chi connectivity index (χ1n) is 7.24. The average molecular weight is 338 g/mol. The zero-order chi connectivity index (χ0) is 17.7. The number of benzene rings is 1. The minimum absolute atomic E-state index is 0.355. The van der Waals surface area contributed by atoms with Gasteiger partial charge >= 0.3 is 6.18 Å². The van der Waals surface area contributed by atoms with Gasteiger partial charge in [0, 0.05) is 26.1 Å². The van der Waals surface area contributed by atoms with Crippen LogP contribution in [0.1, 0.15) is 23.9 Å². The largest absolute Gasteiger partial charge is 0.416 e. The van der Waals surface area contributed by atoms with Gasteiger partial charge in [-0.25, -0.2) is 0 Å². The molecule has 0 fully saturated rings. The lowest BCUT2D eigenvalue weighted by Crippen LogP contribution is -2.24. The van der Waals surface area contributed by atoms with Gasteiger partial charge in [0.25, 0.3) is 0 Å². The van der Waals surface area contributed by atoms with Crippen LogP contribution >= 0.6 is 0 Å². The number of rotatable bonds is 5. The van der Waals surface area contributed by atoms with Gasteiger partial charge in [-0.1, -0.05) is 12.1 Å². The van der Waals surface area contributed by atoms with Gasteiger partial charge in [-0.3, -0.25) is 4.79 Å². The Labute approximate surface area is 137 Å². The third-order valence-electron chi connectivity index (χ3n) is 3.45. The van der Waals surface area contributed by atoms with Crippen molar-refractivity contribution in [2.75, 3.05) is 6.54 Å². The molecule has 0 radical (unpaired) electrons. The molecule has 0 atom stereocenters. The fourth-order valence-electron chi connectivity index (χ4n) is 2.10. The van der Waals surface area contributed by atoms with Crippen molar-refractivity contribution in [3.8, 4) is 0 Å². The van der Waals surface area contributed by atoms with E-state index in [-0.39, 0.29) is 5.91 Å². The van der Waals surface area contributed by atoms with E-state index in [1.807, 2.05) is 0 Å². The second kappa shape index (κ2) is 7.29. The van der Waals surface area contributed by atoms with Gasteiger partial charge in [0.2, 0.25) is 5.91 Å². The highest BCUT2D eigenvalue weighted by Crippen LogP contribution is 2.30.